The van der Waals surface area contributed by atoms with Crippen molar-refractivity contribution in [3.63, 3.8) is 0 Å². The van der Waals surface area contributed by atoms with Gasteiger partial charge in [-0.1, -0.05) is 18.2 Å². The van der Waals surface area contributed by atoms with Crippen molar-refractivity contribution >= 4 is 20.2 Å². The molecule has 1 rings (SSSR count). The van der Waals surface area contributed by atoms with Gasteiger partial charge in [-0.2, -0.15) is 34.4 Å². The molecule has 0 bridgehead atoms. The first-order chi connectivity index (χ1) is 8.83. The smallest absolute Gasteiger partial charge is 0.378 e. The molecular weight excluding hydrogens is 332 g/mol. The highest BCUT2D eigenvalue weighted by Crippen LogP contribution is 2.43. The van der Waals surface area contributed by atoms with Crippen molar-refractivity contribution in [1.29, 1.82) is 0 Å². The number of alkyl halides is 4. The second-order valence-corrected chi connectivity index (χ2v) is 6.41. The monoisotopic (exact) mass is 338 g/mol. The third-order valence-electron chi connectivity index (χ3n) is 1.93. The topological polar surface area (TPSA) is 97.7 Å². The summed E-state index contributed by atoms with van der Waals surface area (Å²) in [5.41, 5.74) is 0. The zero-order valence-corrected chi connectivity index (χ0v) is 10.8. The maximum atomic E-state index is 13.2. The van der Waals surface area contributed by atoms with Crippen molar-refractivity contribution < 1.29 is 43.1 Å². The lowest BCUT2D eigenvalue weighted by Crippen LogP contribution is -2.53. The van der Waals surface area contributed by atoms with E-state index in [2.05, 4.69) is 4.18 Å². The van der Waals surface area contributed by atoms with Crippen LogP contribution in [0.1, 0.15) is 0 Å². The molecule has 0 aromatic heterocycles. The number of halogens is 4. The van der Waals surface area contributed by atoms with Crippen LogP contribution in [0.4, 0.5) is 17.6 Å². The van der Waals surface area contributed by atoms with E-state index < -0.39 is 36.5 Å². The van der Waals surface area contributed by atoms with Crippen LogP contribution < -0.4 is 4.18 Å². The minimum absolute atomic E-state index is 0.738. The molecular formula is C8H6F4O6S2. The van der Waals surface area contributed by atoms with E-state index in [4.69, 9.17) is 4.55 Å². The van der Waals surface area contributed by atoms with Crippen molar-refractivity contribution in [1.82, 2.24) is 0 Å². The van der Waals surface area contributed by atoms with Crippen LogP contribution in [0.3, 0.4) is 0 Å². The third kappa shape index (κ3) is 2.71. The van der Waals surface area contributed by atoms with Crippen LogP contribution in [-0.2, 0) is 20.2 Å². The van der Waals surface area contributed by atoms with E-state index in [0.717, 1.165) is 24.3 Å². The summed E-state index contributed by atoms with van der Waals surface area (Å²) in [4.78, 5) is 0. The summed E-state index contributed by atoms with van der Waals surface area (Å²) in [7, 11) is -13.1. The lowest BCUT2D eigenvalue weighted by molar-refractivity contribution is -0.105. The number of para-hydroxylation sites is 1. The minimum atomic E-state index is -6.68. The van der Waals surface area contributed by atoms with Crippen LogP contribution in [0.25, 0.3) is 0 Å². The van der Waals surface area contributed by atoms with Gasteiger partial charge in [0.25, 0.3) is 0 Å². The molecule has 0 saturated carbocycles. The normalized spacial score (nSPS) is 14.1. The van der Waals surface area contributed by atoms with Gasteiger partial charge in [-0.05, 0) is 12.1 Å². The van der Waals surface area contributed by atoms with Gasteiger partial charge in [0.2, 0.25) is 0 Å². The third-order valence-corrected chi connectivity index (χ3v) is 4.26. The zero-order chi connectivity index (χ0) is 15.8. The maximum Gasteiger partial charge on any atom is 0.460 e. The van der Waals surface area contributed by atoms with Gasteiger partial charge < -0.3 is 4.18 Å². The summed E-state index contributed by atoms with van der Waals surface area (Å²) in [6, 6.07) is 5.39. The van der Waals surface area contributed by atoms with Gasteiger partial charge in [-0.25, -0.2) is 0 Å². The molecule has 0 aliphatic heterocycles. The summed E-state index contributed by atoms with van der Waals surface area (Å²) in [6.45, 7) is 0. The molecule has 12 heteroatoms. The van der Waals surface area contributed by atoms with E-state index >= 15 is 0 Å². The van der Waals surface area contributed by atoms with E-state index in [0.29, 0.717) is 0 Å². The lowest BCUT2D eigenvalue weighted by Gasteiger charge is -2.22. The second kappa shape index (κ2) is 4.86. The molecule has 0 radical (unpaired) electrons. The molecule has 1 aromatic carbocycles. The summed E-state index contributed by atoms with van der Waals surface area (Å²) in [6.07, 6.45) is 0. The fourth-order valence-corrected chi connectivity index (χ4v) is 2.63. The first-order valence-electron chi connectivity index (χ1n) is 4.54. The van der Waals surface area contributed by atoms with Gasteiger partial charge in [0.15, 0.2) is 0 Å². The number of rotatable bonds is 5. The van der Waals surface area contributed by atoms with Gasteiger partial charge in [0, 0.05) is 0 Å². The molecule has 0 aliphatic carbocycles. The van der Waals surface area contributed by atoms with Crippen LogP contribution in [-0.4, -0.2) is 31.9 Å². The highest BCUT2D eigenvalue weighted by molar-refractivity contribution is 7.91. The fourth-order valence-electron chi connectivity index (χ4n) is 0.951. The Morgan fingerprint density at radius 2 is 1.35 bits per heavy atom. The molecule has 6 nitrogen and oxygen atoms in total. The minimum Gasteiger partial charge on any atom is -0.378 e. The van der Waals surface area contributed by atoms with E-state index in [9.17, 15) is 34.4 Å². The Morgan fingerprint density at radius 3 is 1.75 bits per heavy atom. The Balaban J connectivity index is 3.27. The molecule has 0 atom stereocenters. The number of benzene rings is 1. The Kier molecular flexibility index (Phi) is 4.04. The van der Waals surface area contributed by atoms with Crippen LogP contribution >= 0.6 is 0 Å². The molecule has 20 heavy (non-hydrogen) atoms. The summed E-state index contributed by atoms with van der Waals surface area (Å²) in [5.74, 6) is -0.738. The Hall–Kier alpha value is -1.40. The van der Waals surface area contributed by atoms with Gasteiger partial charge >= 0.3 is 30.7 Å². The van der Waals surface area contributed by atoms with Crippen molar-refractivity contribution in [3.8, 4) is 5.75 Å². The van der Waals surface area contributed by atoms with Gasteiger partial charge in [0.1, 0.15) is 5.75 Å². The summed E-state index contributed by atoms with van der Waals surface area (Å²) < 4.78 is 106. The van der Waals surface area contributed by atoms with E-state index in [1.165, 1.54) is 6.07 Å². The maximum absolute atomic E-state index is 13.2. The Labute approximate surface area is 110 Å². The highest BCUT2D eigenvalue weighted by Gasteiger charge is 2.74. The molecule has 1 aromatic rings. The average Bonchev–Trinajstić information content (AvgIpc) is 2.27. The summed E-state index contributed by atoms with van der Waals surface area (Å²) in [5, 5.41) is -12.5. The molecule has 1 N–H and O–H groups in total. The van der Waals surface area contributed by atoms with Crippen molar-refractivity contribution in [2.24, 2.45) is 0 Å². The van der Waals surface area contributed by atoms with Gasteiger partial charge in [-0.15, -0.1) is 0 Å². The first kappa shape index (κ1) is 16.7. The van der Waals surface area contributed by atoms with Crippen molar-refractivity contribution in [2.75, 3.05) is 0 Å². The average molecular weight is 338 g/mol. The largest absolute Gasteiger partial charge is 0.460 e. The molecule has 0 saturated heterocycles. The lowest BCUT2D eigenvalue weighted by atomic mass is 10.3. The van der Waals surface area contributed by atoms with Gasteiger partial charge in [-0.3, -0.25) is 4.55 Å². The molecule has 0 spiro atoms. The molecule has 0 aliphatic rings. The van der Waals surface area contributed by atoms with Crippen molar-refractivity contribution in [3.05, 3.63) is 30.3 Å². The molecule has 0 amide bonds. The van der Waals surface area contributed by atoms with E-state index in [1.807, 2.05) is 0 Å². The Bertz CT molecular complexity index is 683. The highest BCUT2D eigenvalue weighted by atomic mass is 32.2. The van der Waals surface area contributed by atoms with Crippen LogP contribution in [0.15, 0.2) is 30.3 Å². The molecule has 0 unspecified atom stereocenters. The summed E-state index contributed by atoms with van der Waals surface area (Å²) >= 11 is 0. The molecule has 0 fully saturated rings. The van der Waals surface area contributed by atoms with Crippen LogP contribution in [0, 0.1) is 0 Å². The second-order valence-electron chi connectivity index (χ2n) is 3.36. The SMILES string of the molecule is O=S(=O)(O)C(F)(F)C(F)(F)S(=O)(=O)Oc1ccccc1. The fraction of sp³-hybridized carbons (Fsp3) is 0.250. The first-order valence-corrected chi connectivity index (χ1v) is 7.39. The van der Waals surface area contributed by atoms with Gasteiger partial charge in [0.05, 0.1) is 0 Å². The van der Waals surface area contributed by atoms with Crippen molar-refractivity contribution in [2.45, 2.75) is 10.5 Å². The predicted molar refractivity (Wildman–Crippen MR) is 57.4 cm³/mol. The van der Waals surface area contributed by atoms with Crippen LogP contribution in [0.5, 0.6) is 5.75 Å². The quantitative estimate of drug-likeness (QED) is 0.496. The van der Waals surface area contributed by atoms with E-state index in [-0.39, 0.29) is 0 Å². The standard InChI is InChI=1S/C8H6F4O6S2/c9-7(10,19(13,14)15)8(11,12)20(16,17)18-6-4-2-1-3-5-6/h1-5H,(H,13,14,15). The Morgan fingerprint density at radius 1 is 0.900 bits per heavy atom. The molecule has 114 valence electrons. The van der Waals surface area contributed by atoms with Crippen LogP contribution in [0.2, 0.25) is 0 Å². The zero-order valence-electron chi connectivity index (χ0n) is 9.20. The number of hydrogen-bond donors (Lipinski definition) is 1. The van der Waals surface area contributed by atoms with E-state index in [1.54, 1.807) is 0 Å². The predicted octanol–water partition coefficient (Wildman–Crippen LogP) is 1.47. The molecule has 0 heterocycles. The number of hydrogen-bond acceptors (Lipinski definition) is 5.